The summed E-state index contributed by atoms with van der Waals surface area (Å²) >= 11 is 0. The van der Waals surface area contributed by atoms with E-state index in [2.05, 4.69) is 10.6 Å². The average Bonchev–Trinajstić information content (AvgIpc) is 3.48. The Morgan fingerprint density at radius 2 is 1.87 bits per heavy atom. The molecule has 7 heteroatoms. The van der Waals surface area contributed by atoms with Crippen LogP contribution in [0.1, 0.15) is 47.6 Å². The summed E-state index contributed by atoms with van der Waals surface area (Å²) in [5.74, 6) is 1.36. The fourth-order valence-corrected chi connectivity index (χ4v) is 4.29. The molecule has 0 bridgehead atoms. The fourth-order valence-electron chi connectivity index (χ4n) is 4.29. The minimum atomic E-state index is -0.133. The number of nitrogens with one attached hydrogen (secondary N) is 3. The number of methoxy groups -OCH3 is 2. The monoisotopic (exact) mass is 424 g/mol. The molecule has 164 valence electrons. The van der Waals surface area contributed by atoms with Crippen molar-refractivity contribution in [3.63, 3.8) is 0 Å². The summed E-state index contributed by atoms with van der Waals surface area (Å²) in [5.41, 5.74) is 2.12. The minimum absolute atomic E-state index is 0.101. The third-order valence-electron chi connectivity index (χ3n) is 6.04. The van der Waals surface area contributed by atoms with Gasteiger partial charge in [0, 0.05) is 18.9 Å². The van der Waals surface area contributed by atoms with E-state index in [1.54, 1.807) is 26.4 Å². The van der Waals surface area contributed by atoms with Gasteiger partial charge in [0.15, 0.2) is 6.54 Å². The van der Waals surface area contributed by atoms with E-state index < -0.39 is 0 Å². The van der Waals surface area contributed by atoms with E-state index >= 15 is 0 Å². The van der Waals surface area contributed by atoms with Crippen LogP contribution < -0.4 is 25.0 Å². The van der Waals surface area contributed by atoms with Crippen molar-refractivity contribution in [2.24, 2.45) is 0 Å². The van der Waals surface area contributed by atoms with Crippen molar-refractivity contribution in [2.45, 2.75) is 37.8 Å². The maximum atomic E-state index is 12.9. The van der Waals surface area contributed by atoms with Gasteiger partial charge in [-0.1, -0.05) is 12.1 Å². The summed E-state index contributed by atoms with van der Waals surface area (Å²) < 4.78 is 11.0. The molecule has 3 N–H and O–H groups in total. The van der Waals surface area contributed by atoms with Gasteiger partial charge in [-0.3, -0.25) is 9.59 Å². The van der Waals surface area contributed by atoms with E-state index in [1.165, 1.54) is 4.90 Å². The van der Waals surface area contributed by atoms with Crippen molar-refractivity contribution in [3.8, 4) is 11.5 Å². The van der Waals surface area contributed by atoms with Gasteiger partial charge in [0.2, 0.25) is 0 Å². The highest BCUT2D eigenvalue weighted by Gasteiger charge is 2.34. The van der Waals surface area contributed by atoms with Crippen LogP contribution in [0.2, 0.25) is 0 Å². The Morgan fingerprint density at radius 1 is 1.06 bits per heavy atom. The van der Waals surface area contributed by atoms with Gasteiger partial charge in [0.05, 0.1) is 37.6 Å². The Bertz CT molecular complexity index is 958. The second-order valence-electron chi connectivity index (χ2n) is 8.23. The van der Waals surface area contributed by atoms with Crippen molar-refractivity contribution < 1.29 is 24.0 Å². The Balaban J connectivity index is 1.46. The summed E-state index contributed by atoms with van der Waals surface area (Å²) in [7, 11) is 3.31. The van der Waals surface area contributed by atoms with Gasteiger partial charge in [-0.25, -0.2) is 0 Å². The number of anilines is 1. The third kappa shape index (κ3) is 4.99. The number of hydrogen-bond donors (Lipinski definition) is 3. The standard InChI is InChI=1S/C24H29N3O4/c1-30-17-11-12-22(31-2)19(14-17)21-8-5-13-27(21)15-23(28)26-20-7-4-3-6-18(20)24(29)25-16-9-10-16/h3-4,6-7,11-12,14,16,21H,5,8-10,13,15H2,1-2H3,(H,25,29)(H,26,28)/p+1/t21-/m0/s1. The lowest BCUT2D eigenvalue weighted by Gasteiger charge is -2.23. The number of quaternary nitrogens is 1. The molecule has 2 aliphatic rings. The molecule has 2 atom stereocenters. The second kappa shape index (κ2) is 9.39. The van der Waals surface area contributed by atoms with E-state index in [9.17, 15) is 9.59 Å². The summed E-state index contributed by atoms with van der Waals surface area (Å²) in [6, 6.07) is 13.4. The molecule has 2 aromatic carbocycles. The van der Waals surface area contributed by atoms with Gasteiger partial charge < -0.3 is 25.0 Å². The SMILES string of the molecule is COc1ccc(OC)c([C@@H]2CCC[NH+]2CC(=O)Nc2ccccc2C(=O)NC2CC2)c1. The van der Waals surface area contributed by atoms with Gasteiger partial charge >= 0.3 is 0 Å². The van der Waals surface area contributed by atoms with Crippen LogP contribution in [0, 0.1) is 0 Å². The molecule has 2 amide bonds. The lowest BCUT2D eigenvalue weighted by atomic mass is 10.0. The van der Waals surface area contributed by atoms with E-state index in [0.717, 1.165) is 49.3 Å². The van der Waals surface area contributed by atoms with Crippen molar-refractivity contribution >= 4 is 17.5 Å². The fraction of sp³-hybridized carbons (Fsp3) is 0.417. The van der Waals surface area contributed by atoms with Crippen molar-refractivity contribution in [2.75, 3.05) is 32.6 Å². The third-order valence-corrected chi connectivity index (χ3v) is 6.04. The molecule has 1 unspecified atom stereocenters. The molecule has 1 saturated carbocycles. The Hall–Kier alpha value is -3.06. The van der Waals surface area contributed by atoms with E-state index in [0.29, 0.717) is 17.8 Å². The average molecular weight is 425 g/mol. The lowest BCUT2D eigenvalue weighted by molar-refractivity contribution is -0.910. The molecule has 7 nitrogen and oxygen atoms in total. The number of amides is 2. The zero-order valence-electron chi connectivity index (χ0n) is 18.1. The first kappa shape index (κ1) is 21.2. The molecule has 2 aromatic rings. The molecule has 0 radical (unpaired) electrons. The number of rotatable bonds is 8. The second-order valence-corrected chi connectivity index (χ2v) is 8.23. The van der Waals surface area contributed by atoms with Crippen LogP contribution in [-0.2, 0) is 4.79 Å². The van der Waals surface area contributed by atoms with E-state index in [1.807, 2.05) is 30.3 Å². The van der Waals surface area contributed by atoms with Crippen LogP contribution in [0.5, 0.6) is 11.5 Å². The molecule has 0 spiro atoms. The summed E-state index contributed by atoms with van der Waals surface area (Å²) in [6.45, 7) is 1.23. The van der Waals surface area contributed by atoms with Crippen LogP contribution in [0.3, 0.4) is 0 Å². The maximum Gasteiger partial charge on any atom is 0.279 e. The predicted octanol–water partition coefficient (Wildman–Crippen LogP) is 1.95. The molecule has 31 heavy (non-hydrogen) atoms. The van der Waals surface area contributed by atoms with E-state index in [-0.39, 0.29) is 23.9 Å². The molecule has 1 saturated heterocycles. The first-order valence-corrected chi connectivity index (χ1v) is 10.8. The Kier molecular flexibility index (Phi) is 6.42. The summed E-state index contributed by atoms with van der Waals surface area (Å²) in [5, 5.41) is 5.95. The van der Waals surface area contributed by atoms with Crippen LogP contribution >= 0.6 is 0 Å². The van der Waals surface area contributed by atoms with Crippen molar-refractivity contribution in [3.05, 3.63) is 53.6 Å². The highest BCUT2D eigenvalue weighted by Crippen LogP contribution is 2.31. The number of ether oxygens (including phenoxy) is 2. The predicted molar refractivity (Wildman–Crippen MR) is 118 cm³/mol. The molecular formula is C24H30N3O4+. The maximum absolute atomic E-state index is 12.9. The van der Waals surface area contributed by atoms with Gasteiger partial charge in [0.1, 0.15) is 17.5 Å². The zero-order chi connectivity index (χ0) is 21.8. The summed E-state index contributed by atoms with van der Waals surface area (Å²) in [4.78, 5) is 26.6. The molecule has 2 fully saturated rings. The number of carbonyl (C=O) groups excluding carboxylic acids is 2. The smallest absolute Gasteiger partial charge is 0.279 e. The Morgan fingerprint density at radius 3 is 2.61 bits per heavy atom. The van der Waals surface area contributed by atoms with Crippen LogP contribution in [0.4, 0.5) is 5.69 Å². The molecule has 4 rings (SSSR count). The quantitative estimate of drug-likeness (QED) is 0.605. The summed E-state index contributed by atoms with van der Waals surface area (Å²) in [6.07, 6.45) is 4.06. The first-order chi connectivity index (χ1) is 15.1. The normalized spacial score (nSPS) is 20.2. The Labute approximate surface area is 182 Å². The van der Waals surface area contributed by atoms with Gasteiger partial charge in [-0.05, 0) is 43.2 Å². The first-order valence-electron chi connectivity index (χ1n) is 10.8. The number of benzene rings is 2. The van der Waals surface area contributed by atoms with Crippen molar-refractivity contribution in [1.29, 1.82) is 0 Å². The molecule has 0 aromatic heterocycles. The van der Waals surface area contributed by atoms with Crippen LogP contribution in [-0.4, -0.2) is 45.2 Å². The van der Waals surface area contributed by atoms with Gasteiger partial charge in [0.25, 0.3) is 11.8 Å². The highest BCUT2D eigenvalue weighted by atomic mass is 16.5. The molecule has 1 aliphatic carbocycles. The number of likely N-dealkylation sites (tertiary alicyclic amines) is 1. The topological polar surface area (TPSA) is 81.1 Å². The van der Waals surface area contributed by atoms with Crippen LogP contribution in [0.25, 0.3) is 0 Å². The number of para-hydroxylation sites is 1. The van der Waals surface area contributed by atoms with Gasteiger partial charge in [-0.15, -0.1) is 0 Å². The number of hydrogen-bond acceptors (Lipinski definition) is 4. The minimum Gasteiger partial charge on any atom is -0.497 e. The highest BCUT2D eigenvalue weighted by molar-refractivity contribution is 6.04. The lowest BCUT2D eigenvalue weighted by Crippen LogP contribution is -3.11. The molecule has 1 aliphatic heterocycles. The van der Waals surface area contributed by atoms with Crippen molar-refractivity contribution in [1.82, 2.24) is 5.32 Å². The van der Waals surface area contributed by atoms with Crippen LogP contribution in [0.15, 0.2) is 42.5 Å². The largest absolute Gasteiger partial charge is 0.497 e. The van der Waals surface area contributed by atoms with Gasteiger partial charge in [-0.2, -0.15) is 0 Å². The number of carbonyl (C=O) groups is 2. The zero-order valence-corrected chi connectivity index (χ0v) is 18.1. The molecule has 1 heterocycles. The molecular weight excluding hydrogens is 394 g/mol. The van der Waals surface area contributed by atoms with E-state index in [4.69, 9.17) is 9.47 Å².